The number of hydrogen-bond donors (Lipinski definition) is 2. The van der Waals surface area contributed by atoms with Crippen LogP contribution in [0.3, 0.4) is 0 Å². The lowest BCUT2D eigenvalue weighted by atomic mass is 9.90. The molecule has 35 heavy (non-hydrogen) atoms. The van der Waals surface area contributed by atoms with E-state index >= 15 is 0 Å². The Balaban J connectivity index is 0.000000431. The molecule has 0 saturated heterocycles. The zero-order chi connectivity index (χ0) is 25.2. The zero-order valence-corrected chi connectivity index (χ0v) is 19.3. The zero-order valence-electron chi connectivity index (χ0n) is 19.3. The molecule has 182 valence electrons. The van der Waals surface area contributed by atoms with Crippen LogP contribution in [0.5, 0.6) is 5.75 Å². The molecule has 0 fully saturated rings. The molecule has 11 nitrogen and oxygen atoms in total. The highest BCUT2D eigenvalue weighted by Gasteiger charge is 2.35. The lowest BCUT2D eigenvalue weighted by Gasteiger charge is -2.41. The van der Waals surface area contributed by atoms with Crippen molar-refractivity contribution in [2.75, 3.05) is 18.0 Å². The Labute approximate surface area is 200 Å². The third-order valence-corrected chi connectivity index (χ3v) is 5.64. The first kappa shape index (κ1) is 23.9. The Hall–Kier alpha value is -4.28. The number of nitrogens with zero attached hydrogens (tertiary/aromatic N) is 5. The van der Waals surface area contributed by atoms with Crippen molar-refractivity contribution in [3.63, 3.8) is 0 Å². The van der Waals surface area contributed by atoms with E-state index in [2.05, 4.69) is 34.8 Å². The number of carboxylic acid groups (broad SMARTS) is 2. The molecule has 1 atom stereocenters. The molecule has 0 bridgehead atoms. The molecule has 0 unspecified atom stereocenters. The van der Waals surface area contributed by atoms with Crippen molar-refractivity contribution in [2.45, 2.75) is 32.9 Å². The third-order valence-electron chi connectivity index (χ3n) is 5.64. The number of ether oxygens (including phenoxy) is 1. The molecule has 5 rings (SSSR count). The van der Waals surface area contributed by atoms with Gasteiger partial charge in [0.15, 0.2) is 0 Å². The van der Waals surface area contributed by atoms with Gasteiger partial charge in [-0.1, -0.05) is 32.0 Å². The number of rotatable bonds is 3. The maximum absolute atomic E-state index is 12.9. The molecule has 4 heterocycles. The van der Waals surface area contributed by atoms with Crippen LogP contribution in [-0.4, -0.2) is 60.9 Å². The summed E-state index contributed by atoms with van der Waals surface area (Å²) in [5.74, 6) is -2.01. The lowest BCUT2D eigenvalue weighted by molar-refractivity contribution is -0.159. The smallest absolute Gasteiger partial charge is 0.414 e. The summed E-state index contributed by atoms with van der Waals surface area (Å²) in [6.45, 7) is 6.48. The molecule has 0 aliphatic carbocycles. The Morgan fingerprint density at radius 1 is 1.11 bits per heavy atom. The van der Waals surface area contributed by atoms with Crippen LogP contribution in [0.25, 0.3) is 11.4 Å². The molecule has 0 saturated carbocycles. The quantitative estimate of drug-likeness (QED) is 0.532. The summed E-state index contributed by atoms with van der Waals surface area (Å²) in [7, 11) is 0. The Bertz CT molecular complexity index is 1270. The maximum atomic E-state index is 12.9. The van der Waals surface area contributed by atoms with E-state index in [1.807, 2.05) is 18.2 Å². The summed E-state index contributed by atoms with van der Waals surface area (Å²) in [6, 6.07) is 11.5. The fourth-order valence-electron chi connectivity index (χ4n) is 4.27. The van der Waals surface area contributed by atoms with Gasteiger partial charge in [0.25, 0.3) is 5.56 Å². The number of para-hydroxylation sites is 1. The van der Waals surface area contributed by atoms with Crippen molar-refractivity contribution < 1.29 is 24.5 Å². The highest BCUT2D eigenvalue weighted by molar-refractivity contribution is 6.27. The lowest BCUT2D eigenvalue weighted by Crippen LogP contribution is -2.50. The number of hydrogen-bond acceptors (Lipinski definition) is 8. The van der Waals surface area contributed by atoms with E-state index in [-0.39, 0.29) is 17.1 Å². The minimum atomic E-state index is -1.82. The van der Waals surface area contributed by atoms with Gasteiger partial charge in [-0.05, 0) is 17.7 Å². The second kappa shape index (κ2) is 9.53. The summed E-state index contributed by atoms with van der Waals surface area (Å²) in [4.78, 5) is 46.4. The Kier molecular flexibility index (Phi) is 6.50. The number of carboxylic acids is 2. The van der Waals surface area contributed by atoms with Gasteiger partial charge < -0.3 is 19.8 Å². The van der Waals surface area contributed by atoms with E-state index in [0.717, 1.165) is 18.7 Å². The highest BCUT2D eigenvalue weighted by Crippen LogP contribution is 2.33. The normalized spacial score (nSPS) is 17.3. The Morgan fingerprint density at radius 3 is 2.51 bits per heavy atom. The molecule has 0 radical (unpaired) electrons. The fourth-order valence-corrected chi connectivity index (χ4v) is 4.27. The predicted octanol–water partition coefficient (Wildman–Crippen LogP) is 1.71. The largest absolute Gasteiger partial charge is 0.488 e. The highest BCUT2D eigenvalue weighted by atomic mass is 16.5. The average molecular weight is 479 g/mol. The number of aliphatic carboxylic acids is 2. The minimum absolute atomic E-state index is 0.0364. The van der Waals surface area contributed by atoms with Gasteiger partial charge in [0.2, 0.25) is 5.95 Å². The first-order valence-corrected chi connectivity index (χ1v) is 11.0. The van der Waals surface area contributed by atoms with Crippen LogP contribution in [0.15, 0.2) is 53.7 Å². The molecule has 2 aliphatic rings. The SMILES string of the molecule is CC1(C)CN(C[C@@H]2Cc3ccccc3O2)c2nc(-c3ccncn3)cc(=O)n2C1.O=C(O)C(=O)O. The van der Waals surface area contributed by atoms with Crippen molar-refractivity contribution in [2.24, 2.45) is 5.41 Å². The molecule has 2 N–H and O–H groups in total. The van der Waals surface area contributed by atoms with E-state index in [1.54, 1.807) is 22.9 Å². The van der Waals surface area contributed by atoms with Crippen molar-refractivity contribution in [1.82, 2.24) is 19.5 Å². The molecule has 2 aromatic heterocycles. The van der Waals surface area contributed by atoms with Gasteiger partial charge in [0.05, 0.1) is 17.9 Å². The van der Waals surface area contributed by atoms with Gasteiger partial charge in [0, 0.05) is 37.2 Å². The van der Waals surface area contributed by atoms with Crippen LogP contribution in [0.4, 0.5) is 5.95 Å². The van der Waals surface area contributed by atoms with Gasteiger partial charge in [-0.3, -0.25) is 9.36 Å². The van der Waals surface area contributed by atoms with Gasteiger partial charge in [-0.2, -0.15) is 0 Å². The molecule has 0 spiro atoms. The van der Waals surface area contributed by atoms with Crippen LogP contribution in [0, 0.1) is 5.41 Å². The van der Waals surface area contributed by atoms with Crippen molar-refractivity contribution >= 4 is 17.9 Å². The van der Waals surface area contributed by atoms with Gasteiger partial charge in [-0.15, -0.1) is 0 Å². The number of aromatic nitrogens is 4. The number of fused-ring (bicyclic) bond motifs is 2. The average Bonchev–Trinajstić information content (AvgIpc) is 3.22. The fraction of sp³-hybridized carbons (Fsp3) is 0.333. The molecular formula is C24H25N5O6. The third kappa shape index (κ3) is 5.45. The van der Waals surface area contributed by atoms with Gasteiger partial charge >= 0.3 is 11.9 Å². The topological polar surface area (TPSA) is 148 Å². The summed E-state index contributed by atoms with van der Waals surface area (Å²) < 4.78 is 7.93. The summed E-state index contributed by atoms with van der Waals surface area (Å²) >= 11 is 0. The van der Waals surface area contributed by atoms with Gasteiger partial charge in [-0.25, -0.2) is 24.5 Å². The van der Waals surface area contributed by atoms with Crippen LogP contribution in [0.1, 0.15) is 19.4 Å². The minimum Gasteiger partial charge on any atom is -0.488 e. The number of anilines is 1. The van der Waals surface area contributed by atoms with Crippen molar-refractivity contribution in [1.29, 1.82) is 0 Å². The van der Waals surface area contributed by atoms with Crippen LogP contribution < -0.4 is 15.2 Å². The number of carbonyl (C=O) groups is 2. The number of benzene rings is 1. The van der Waals surface area contributed by atoms with Crippen LogP contribution >= 0.6 is 0 Å². The van der Waals surface area contributed by atoms with Crippen LogP contribution in [-0.2, 0) is 22.6 Å². The monoisotopic (exact) mass is 479 g/mol. The first-order valence-electron chi connectivity index (χ1n) is 11.0. The second-order valence-corrected chi connectivity index (χ2v) is 9.17. The molecule has 2 aliphatic heterocycles. The second-order valence-electron chi connectivity index (χ2n) is 9.17. The summed E-state index contributed by atoms with van der Waals surface area (Å²) in [5.41, 5.74) is 2.35. The molecule has 1 aromatic carbocycles. The first-order chi connectivity index (χ1) is 16.6. The molecule has 0 amide bonds. The molecule has 11 heteroatoms. The van der Waals surface area contributed by atoms with E-state index in [1.165, 1.54) is 11.9 Å². The predicted molar refractivity (Wildman–Crippen MR) is 125 cm³/mol. The summed E-state index contributed by atoms with van der Waals surface area (Å²) in [6.07, 6.45) is 4.03. The van der Waals surface area contributed by atoms with E-state index in [4.69, 9.17) is 29.5 Å². The molecule has 3 aromatic rings. The maximum Gasteiger partial charge on any atom is 0.414 e. The van der Waals surface area contributed by atoms with E-state index < -0.39 is 11.9 Å². The Morgan fingerprint density at radius 2 is 1.86 bits per heavy atom. The van der Waals surface area contributed by atoms with Gasteiger partial charge in [0.1, 0.15) is 18.2 Å². The summed E-state index contributed by atoms with van der Waals surface area (Å²) in [5, 5.41) is 14.8. The van der Waals surface area contributed by atoms with Crippen LogP contribution in [0.2, 0.25) is 0 Å². The standard InChI is InChI=1S/C22H23N5O2.C2H2O4/c1-22(2)12-26(11-16-9-15-5-3-4-6-19(15)29-16)21-25-18(10-20(28)27(21)13-22)17-7-8-23-14-24-17;3-1(4)2(5)6/h3-8,10,14,16H,9,11-13H2,1-2H3;(H,3,4)(H,5,6)/t16-;/m0./s1. The molecular weight excluding hydrogens is 454 g/mol. The van der Waals surface area contributed by atoms with Crippen molar-refractivity contribution in [3.8, 4) is 17.1 Å². The van der Waals surface area contributed by atoms with E-state index in [9.17, 15) is 4.79 Å². The van der Waals surface area contributed by atoms with Crippen molar-refractivity contribution in [3.05, 3.63) is 64.8 Å². The van der Waals surface area contributed by atoms with E-state index in [0.29, 0.717) is 30.4 Å².